The lowest BCUT2D eigenvalue weighted by Gasteiger charge is -2.13. The highest BCUT2D eigenvalue weighted by atomic mass is 16.3. The van der Waals surface area contributed by atoms with Crippen molar-refractivity contribution in [2.24, 2.45) is 0 Å². The zero-order valence-electron chi connectivity index (χ0n) is 24.2. The fourth-order valence-corrected chi connectivity index (χ4v) is 6.32. The van der Waals surface area contributed by atoms with E-state index in [9.17, 15) is 0 Å². The molecular formula is C41H25N3O. The van der Waals surface area contributed by atoms with Crippen molar-refractivity contribution in [2.45, 2.75) is 0 Å². The summed E-state index contributed by atoms with van der Waals surface area (Å²) in [5, 5.41) is 6.78. The maximum atomic E-state index is 6.10. The van der Waals surface area contributed by atoms with E-state index in [1.165, 1.54) is 5.39 Å². The molecule has 9 aromatic rings. The van der Waals surface area contributed by atoms with Gasteiger partial charge in [0.05, 0.1) is 0 Å². The molecule has 0 saturated carbocycles. The number of fused-ring (bicyclic) bond motifs is 5. The van der Waals surface area contributed by atoms with Crippen LogP contribution in [0.2, 0.25) is 0 Å². The molecule has 0 amide bonds. The monoisotopic (exact) mass is 575 g/mol. The number of para-hydroxylation sites is 1. The molecule has 0 N–H and O–H groups in total. The van der Waals surface area contributed by atoms with Gasteiger partial charge in [-0.1, -0.05) is 127 Å². The van der Waals surface area contributed by atoms with Gasteiger partial charge in [-0.15, -0.1) is 0 Å². The minimum Gasteiger partial charge on any atom is -0.456 e. The Morgan fingerprint density at radius 2 is 0.956 bits per heavy atom. The summed E-state index contributed by atoms with van der Waals surface area (Å²) >= 11 is 0. The first-order valence-electron chi connectivity index (χ1n) is 15.0. The van der Waals surface area contributed by atoms with Crippen LogP contribution in [0.1, 0.15) is 0 Å². The van der Waals surface area contributed by atoms with E-state index < -0.39 is 0 Å². The highest BCUT2D eigenvalue weighted by Crippen LogP contribution is 2.38. The van der Waals surface area contributed by atoms with Gasteiger partial charge >= 0.3 is 0 Å². The Kier molecular flexibility index (Phi) is 5.78. The number of furan rings is 1. The maximum Gasteiger partial charge on any atom is 0.164 e. The molecule has 0 bridgehead atoms. The molecule has 7 aromatic carbocycles. The van der Waals surface area contributed by atoms with Crippen molar-refractivity contribution < 1.29 is 4.42 Å². The topological polar surface area (TPSA) is 51.8 Å². The fraction of sp³-hybridized carbons (Fsp3) is 0. The normalized spacial score (nSPS) is 11.6. The Hall–Kier alpha value is -6.13. The van der Waals surface area contributed by atoms with E-state index in [4.69, 9.17) is 19.4 Å². The largest absolute Gasteiger partial charge is 0.456 e. The summed E-state index contributed by atoms with van der Waals surface area (Å²) in [6, 6.07) is 52.3. The SMILES string of the molecule is c1ccc(-c2nc(-c3ccc4ccccc4c3)nc(-c3cccc4c(-c5ccc6oc7ccccc7c6c5)cccc34)n2)cc1. The Bertz CT molecular complexity index is 2550. The Balaban J connectivity index is 1.24. The lowest BCUT2D eigenvalue weighted by Crippen LogP contribution is -2.00. The highest BCUT2D eigenvalue weighted by molar-refractivity contribution is 6.09. The second-order valence-corrected chi connectivity index (χ2v) is 11.2. The Morgan fingerprint density at radius 1 is 0.333 bits per heavy atom. The zero-order valence-corrected chi connectivity index (χ0v) is 24.2. The van der Waals surface area contributed by atoms with Gasteiger partial charge < -0.3 is 4.42 Å². The molecule has 0 saturated heterocycles. The van der Waals surface area contributed by atoms with Gasteiger partial charge in [0.2, 0.25) is 0 Å². The van der Waals surface area contributed by atoms with E-state index in [0.29, 0.717) is 17.5 Å². The maximum absolute atomic E-state index is 6.10. The van der Waals surface area contributed by atoms with Crippen molar-refractivity contribution in [2.75, 3.05) is 0 Å². The third kappa shape index (κ3) is 4.35. The van der Waals surface area contributed by atoms with Crippen molar-refractivity contribution in [1.29, 1.82) is 0 Å². The minimum atomic E-state index is 0.644. The van der Waals surface area contributed by atoms with E-state index in [2.05, 4.69) is 109 Å². The molecule has 0 aliphatic carbocycles. The number of nitrogens with zero attached hydrogens (tertiary/aromatic N) is 3. The van der Waals surface area contributed by atoms with Crippen LogP contribution in [0.3, 0.4) is 0 Å². The average molecular weight is 576 g/mol. The molecule has 2 heterocycles. The average Bonchev–Trinajstić information content (AvgIpc) is 3.49. The molecule has 45 heavy (non-hydrogen) atoms. The molecule has 0 spiro atoms. The van der Waals surface area contributed by atoms with E-state index in [1.807, 2.05) is 42.5 Å². The predicted octanol–water partition coefficient (Wildman–Crippen LogP) is 10.7. The van der Waals surface area contributed by atoms with E-state index >= 15 is 0 Å². The first-order valence-corrected chi connectivity index (χ1v) is 15.0. The van der Waals surface area contributed by atoms with Crippen LogP contribution in [0.5, 0.6) is 0 Å². The van der Waals surface area contributed by atoms with Crippen molar-refractivity contribution in [3.05, 3.63) is 152 Å². The molecular weight excluding hydrogens is 550 g/mol. The van der Waals surface area contributed by atoms with Crippen molar-refractivity contribution >= 4 is 43.5 Å². The van der Waals surface area contributed by atoms with Crippen LogP contribution in [0.25, 0.3) is 88.8 Å². The third-order valence-corrected chi connectivity index (χ3v) is 8.53. The number of benzene rings is 7. The van der Waals surface area contributed by atoms with Gasteiger partial charge in [0, 0.05) is 27.5 Å². The van der Waals surface area contributed by atoms with Gasteiger partial charge in [-0.2, -0.15) is 0 Å². The molecule has 210 valence electrons. The van der Waals surface area contributed by atoms with Gasteiger partial charge in [0.15, 0.2) is 17.5 Å². The zero-order chi connectivity index (χ0) is 29.7. The lowest BCUT2D eigenvalue weighted by molar-refractivity contribution is 0.669. The number of hydrogen-bond donors (Lipinski definition) is 0. The van der Waals surface area contributed by atoms with Crippen molar-refractivity contribution in [3.63, 3.8) is 0 Å². The van der Waals surface area contributed by atoms with Crippen LogP contribution < -0.4 is 0 Å². The van der Waals surface area contributed by atoms with E-state index in [0.717, 1.165) is 65.9 Å². The molecule has 0 atom stereocenters. The van der Waals surface area contributed by atoms with Crippen LogP contribution in [-0.4, -0.2) is 15.0 Å². The molecule has 4 nitrogen and oxygen atoms in total. The molecule has 4 heteroatoms. The van der Waals surface area contributed by atoms with Gasteiger partial charge in [-0.25, -0.2) is 15.0 Å². The van der Waals surface area contributed by atoms with Crippen LogP contribution in [0, 0.1) is 0 Å². The summed E-state index contributed by atoms with van der Waals surface area (Å²) in [6.45, 7) is 0. The summed E-state index contributed by atoms with van der Waals surface area (Å²) in [5.41, 5.74) is 6.94. The van der Waals surface area contributed by atoms with Gasteiger partial charge in [-0.05, 0) is 56.9 Å². The molecule has 0 radical (unpaired) electrons. The van der Waals surface area contributed by atoms with E-state index in [-0.39, 0.29) is 0 Å². The van der Waals surface area contributed by atoms with Crippen LogP contribution >= 0.6 is 0 Å². The summed E-state index contributed by atoms with van der Waals surface area (Å²) in [5.74, 6) is 1.94. The molecule has 0 unspecified atom stereocenters. The summed E-state index contributed by atoms with van der Waals surface area (Å²) < 4.78 is 6.10. The molecule has 9 rings (SSSR count). The van der Waals surface area contributed by atoms with Crippen LogP contribution in [0.15, 0.2) is 156 Å². The molecule has 0 aliphatic heterocycles. The number of hydrogen-bond acceptors (Lipinski definition) is 4. The van der Waals surface area contributed by atoms with Crippen LogP contribution in [0.4, 0.5) is 0 Å². The predicted molar refractivity (Wildman–Crippen MR) is 184 cm³/mol. The second kappa shape index (κ2) is 10.2. The van der Waals surface area contributed by atoms with Crippen molar-refractivity contribution in [1.82, 2.24) is 15.0 Å². The Labute approximate surface area is 259 Å². The standard InChI is InChI=1S/C41H25N3O/c1-2-11-27(12-3-1)39-42-40(30-21-20-26-10-4-5-13-28(26)24-30)44-41(43-39)35-18-9-16-32-31(15-8-17-33(32)35)29-22-23-38-36(25-29)34-14-6-7-19-37(34)45-38/h1-25H. The number of rotatable bonds is 4. The first-order chi connectivity index (χ1) is 22.3. The molecule has 0 fully saturated rings. The van der Waals surface area contributed by atoms with E-state index in [1.54, 1.807) is 0 Å². The minimum absolute atomic E-state index is 0.644. The fourth-order valence-electron chi connectivity index (χ4n) is 6.32. The molecule has 2 aromatic heterocycles. The summed E-state index contributed by atoms with van der Waals surface area (Å²) in [4.78, 5) is 15.1. The van der Waals surface area contributed by atoms with Gasteiger partial charge in [-0.3, -0.25) is 0 Å². The Morgan fingerprint density at radius 3 is 1.82 bits per heavy atom. The quantitative estimate of drug-likeness (QED) is 0.209. The molecule has 0 aliphatic rings. The first kappa shape index (κ1) is 25.4. The summed E-state index contributed by atoms with van der Waals surface area (Å²) in [6.07, 6.45) is 0. The van der Waals surface area contributed by atoms with Gasteiger partial charge in [0.1, 0.15) is 11.2 Å². The van der Waals surface area contributed by atoms with Crippen LogP contribution in [-0.2, 0) is 0 Å². The second-order valence-electron chi connectivity index (χ2n) is 11.2. The number of aromatic nitrogens is 3. The summed E-state index contributed by atoms with van der Waals surface area (Å²) in [7, 11) is 0. The third-order valence-electron chi connectivity index (χ3n) is 8.53. The lowest BCUT2D eigenvalue weighted by atomic mass is 9.94. The highest BCUT2D eigenvalue weighted by Gasteiger charge is 2.16. The van der Waals surface area contributed by atoms with Gasteiger partial charge in [0.25, 0.3) is 0 Å². The smallest absolute Gasteiger partial charge is 0.164 e. The van der Waals surface area contributed by atoms with Crippen molar-refractivity contribution in [3.8, 4) is 45.3 Å².